The van der Waals surface area contributed by atoms with Gasteiger partial charge in [-0.2, -0.15) is 0 Å². The van der Waals surface area contributed by atoms with Crippen molar-refractivity contribution in [3.63, 3.8) is 0 Å². The summed E-state index contributed by atoms with van der Waals surface area (Å²) in [6.45, 7) is 0.125. The SMILES string of the molecule is COC(=O)c1ccc(COC(=O)c2c[nH]cc2-c2ccccc2)cc1. The number of nitrogens with one attached hydrogen (secondary N) is 1. The van der Waals surface area contributed by atoms with Gasteiger partial charge in [0.2, 0.25) is 0 Å². The number of rotatable bonds is 5. The number of hydrogen-bond donors (Lipinski definition) is 1. The van der Waals surface area contributed by atoms with E-state index in [1.165, 1.54) is 7.11 Å². The van der Waals surface area contributed by atoms with Crippen LogP contribution in [-0.2, 0) is 16.1 Å². The van der Waals surface area contributed by atoms with Crippen molar-refractivity contribution in [3.8, 4) is 11.1 Å². The Morgan fingerprint density at radius 2 is 1.64 bits per heavy atom. The number of ether oxygens (including phenoxy) is 2. The molecule has 0 bridgehead atoms. The van der Waals surface area contributed by atoms with E-state index in [0.717, 1.165) is 16.7 Å². The summed E-state index contributed by atoms with van der Waals surface area (Å²) >= 11 is 0. The molecule has 5 heteroatoms. The molecule has 0 aliphatic carbocycles. The lowest BCUT2D eigenvalue weighted by Crippen LogP contribution is -2.06. The van der Waals surface area contributed by atoms with E-state index in [1.807, 2.05) is 30.3 Å². The van der Waals surface area contributed by atoms with E-state index in [-0.39, 0.29) is 6.61 Å². The second kappa shape index (κ2) is 7.49. The molecule has 0 saturated carbocycles. The fourth-order valence-electron chi connectivity index (χ4n) is 2.47. The number of aromatic nitrogens is 1. The molecular formula is C20H17NO4. The summed E-state index contributed by atoms with van der Waals surface area (Å²) in [5.41, 5.74) is 3.47. The van der Waals surface area contributed by atoms with Crippen LogP contribution in [0.5, 0.6) is 0 Å². The van der Waals surface area contributed by atoms with Crippen molar-refractivity contribution in [3.05, 3.63) is 83.7 Å². The molecule has 126 valence electrons. The summed E-state index contributed by atoms with van der Waals surface area (Å²) in [6.07, 6.45) is 3.40. The highest BCUT2D eigenvalue weighted by Gasteiger charge is 2.15. The molecule has 0 spiro atoms. The van der Waals surface area contributed by atoms with Crippen molar-refractivity contribution in [1.29, 1.82) is 0 Å². The largest absolute Gasteiger partial charge is 0.465 e. The van der Waals surface area contributed by atoms with Crippen molar-refractivity contribution in [2.75, 3.05) is 7.11 Å². The second-order valence-electron chi connectivity index (χ2n) is 5.41. The lowest BCUT2D eigenvalue weighted by atomic mass is 10.1. The first-order valence-electron chi connectivity index (χ1n) is 7.75. The van der Waals surface area contributed by atoms with Gasteiger partial charge < -0.3 is 14.5 Å². The fourth-order valence-corrected chi connectivity index (χ4v) is 2.47. The summed E-state index contributed by atoms with van der Waals surface area (Å²) in [6, 6.07) is 16.4. The van der Waals surface area contributed by atoms with Crippen molar-refractivity contribution >= 4 is 11.9 Å². The highest BCUT2D eigenvalue weighted by Crippen LogP contribution is 2.24. The minimum Gasteiger partial charge on any atom is -0.465 e. The number of esters is 2. The van der Waals surface area contributed by atoms with Crippen LogP contribution in [0.15, 0.2) is 67.0 Å². The van der Waals surface area contributed by atoms with Gasteiger partial charge in [-0.05, 0) is 23.3 Å². The van der Waals surface area contributed by atoms with E-state index in [4.69, 9.17) is 4.74 Å². The van der Waals surface area contributed by atoms with Gasteiger partial charge in [0.25, 0.3) is 0 Å². The van der Waals surface area contributed by atoms with Crippen molar-refractivity contribution in [2.45, 2.75) is 6.61 Å². The van der Waals surface area contributed by atoms with E-state index in [2.05, 4.69) is 9.72 Å². The van der Waals surface area contributed by atoms with E-state index in [1.54, 1.807) is 36.7 Å². The Hall–Kier alpha value is -3.34. The van der Waals surface area contributed by atoms with Crippen molar-refractivity contribution in [1.82, 2.24) is 4.98 Å². The van der Waals surface area contributed by atoms with Gasteiger partial charge in [-0.25, -0.2) is 9.59 Å². The Kier molecular flexibility index (Phi) is 4.95. The quantitative estimate of drug-likeness (QED) is 0.720. The highest BCUT2D eigenvalue weighted by molar-refractivity contribution is 5.97. The Bertz CT molecular complexity index is 866. The number of methoxy groups -OCH3 is 1. The molecule has 0 radical (unpaired) electrons. The number of aromatic amines is 1. The van der Waals surface area contributed by atoms with Crippen LogP contribution in [0, 0.1) is 0 Å². The molecule has 25 heavy (non-hydrogen) atoms. The molecule has 0 unspecified atom stereocenters. The standard InChI is InChI=1S/C20H17NO4/c1-24-19(22)16-9-7-14(8-10-16)13-25-20(23)18-12-21-11-17(18)15-5-3-2-4-6-15/h2-12,21H,13H2,1H3. The van der Waals surface area contributed by atoms with Crippen LogP contribution < -0.4 is 0 Å². The molecule has 0 aliphatic rings. The number of H-pyrrole nitrogens is 1. The second-order valence-corrected chi connectivity index (χ2v) is 5.41. The van der Waals surface area contributed by atoms with Crippen LogP contribution in [0.3, 0.4) is 0 Å². The Morgan fingerprint density at radius 3 is 2.32 bits per heavy atom. The third-order valence-electron chi connectivity index (χ3n) is 3.80. The zero-order chi connectivity index (χ0) is 17.6. The molecule has 0 amide bonds. The lowest BCUT2D eigenvalue weighted by Gasteiger charge is -2.07. The Labute approximate surface area is 145 Å². The summed E-state index contributed by atoms with van der Waals surface area (Å²) in [5.74, 6) is -0.805. The first kappa shape index (κ1) is 16.5. The normalized spacial score (nSPS) is 10.3. The number of carbonyl (C=O) groups excluding carboxylic acids is 2. The number of carbonyl (C=O) groups is 2. The van der Waals surface area contributed by atoms with Crippen LogP contribution in [0.4, 0.5) is 0 Å². The van der Waals surface area contributed by atoms with Gasteiger partial charge in [0.05, 0.1) is 18.2 Å². The minimum atomic E-state index is -0.405. The first-order chi connectivity index (χ1) is 12.2. The smallest absolute Gasteiger partial charge is 0.340 e. The van der Waals surface area contributed by atoms with Gasteiger partial charge in [0, 0.05) is 18.0 Å². The van der Waals surface area contributed by atoms with Gasteiger partial charge in [-0.15, -0.1) is 0 Å². The highest BCUT2D eigenvalue weighted by atomic mass is 16.5. The predicted octanol–water partition coefficient (Wildman–Crippen LogP) is 3.83. The summed E-state index contributed by atoms with van der Waals surface area (Å²) in [7, 11) is 1.33. The molecule has 1 heterocycles. The number of benzene rings is 2. The fraction of sp³-hybridized carbons (Fsp3) is 0.100. The molecule has 0 saturated heterocycles. The third kappa shape index (κ3) is 3.77. The zero-order valence-electron chi connectivity index (χ0n) is 13.7. The van der Waals surface area contributed by atoms with Crippen LogP contribution in [0.2, 0.25) is 0 Å². The molecule has 0 fully saturated rings. The van der Waals surface area contributed by atoms with E-state index in [0.29, 0.717) is 11.1 Å². The average Bonchev–Trinajstić information content (AvgIpc) is 3.16. The molecular weight excluding hydrogens is 318 g/mol. The maximum atomic E-state index is 12.4. The average molecular weight is 335 g/mol. The van der Waals surface area contributed by atoms with E-state index in [9.17, 15) is 9.59 Å². The number of hydrogen-bond acceptors (Lipinski definition) is 4. The summed E-state index contributed by atoms with van der Waals surface area (Å²) in [4.78, 5) is 26.7. The van der Waals surface area contributed by atoms with Crippen LogP contribution >= 0.6 is 0 Å². The van der Waals surface area contributed by atoms with Crippen LogP contribution in [0.25, 0.3) is 11.1 Å². The molecule has 5 nitrogen and oxygen atoms in total. The van der Waals surface area contributed by atoms with E-state index >= 15 is 0 Å². The molecule has 1 N–H and O–H groups in total. The molecule has 1 aromatic heterocycles. The molecule has 0 aliphatic heterocycles. The van der Waals surface area contributed by atoms with Gasteiger partial charge in [-0.3, -0.25) is 0 Å². The Morgan fingerprint density at radius 1 is 0.920 bits per heavy atom. The topological polar surface area (TPSA) is 68.4 Å². The molecule has 3 rings (SSSR count). The van der Waals surface area contributed by atoms with Crippen LogP contribution in [0.1, 0.15) is 26.3 Å². The molecule has 2 aromatic carbocycles. The first-order valence-corrected chi connectivity index (χ1v) is 7.75. The summed E-state index contributed by atoms with van der Waals surface area (Å²) < 4.78 is 10.0. The molecule has 3 aromatic rings. The molecule has 0 atom stereocenters. The van der Waals surface area contributed by atoms with Crippen LogP contribution in [-0.4, -0.2) is 24.0 Å². The van der Waals surface area contributed by atoms with Gasteiger partial charge >= 0.3 is 11.9 Å². The Balaban J connectivity index is 1.68. The van der Waals surface area contributed by atoms with E-state index < -0.39 is 11.9 Å². The third-order valence-corrected chi connectivity index (χ3v) is 3.80. The lowest BCUT2D eigenvalue weighted by molar-refractivity contribution is 0.0472. The van der Waals surface area contributed by atoms with Gasteiger partial charge in [0.1, 0.15) is 6.61 Å². The van der Waals surface area contributed by atoms with Gasteiger partial charge in [-0.1, -0.05) is 42.5 Å². The van der Waals surface area contributed by atoms with Crippen molar-refractivity contribution in [2.24, 2.45) is 0 Å². The maximum Gasteiger partial charge on any atom is 0.340 e. The van der Waals surface area contributed by atoms with Gasteiger partial charge in [0.15, 0.2) is 0 Å². The maximum absolute atomic E-state index is 12.4. The zero-order valence-corrected chi connectivity index (χ0v) is 13.7. The predicted molar refractivity (Wildman–Crippen MR) is 93.1 cm³/mol. The minimum absolute atomic E-state index is 0.125. The monoisotopic (exact) mass is 335 g/mol. The summed E-state index contributed by atoms with van der Waals surface area (Å²) in [5, 5.41) is 0. The van der Waals surface area contributed by atoms with Crippen molar-refractivity contribution < 1.29 is 19.1 Å².